The summed E-state index contributed by atoms with van der Waals surface area (Å²) < 4.78 is 16.3. The average molecular weight is 267 g/mol. The van der Waals surface area contributed by atoms with Crippen molar-refractivity contribution in [1.82, 2.24) is 0 Å². The zero-order chi connectivity index (χ0) is 13.7. The van der Waals surface area contributed by atoms with E-state index in [2.05, 4.69) is 0 Å². The predicted octanol–water partition coefficient (Wildman–Crippen LogP) is 2.44. The van der Waals surface area contributed by atoms with Crippen molar-refractivity contribution in [3.8, 4) is 5.75 Å². The normalized spacial score (nSPS) is 16.3. The molecule has 0 spiro atoms. The number of nitro benzene ring substituents is 1. The topological polar surface area (TPSA) is 70.8 Å². The fourth-order valence-electron chi connectivity index (χ4n) is 1.90. The van der Waals surface area contributed by atoms with E-state index in [-0.39, 0.29) is 12.0 Å². The standard InChI is InChI=1S/C13H17NO5/c1-10-9-11(3-4-12(10)14(15)16)17-8-5-13-18-6-2-7-19-13/h3-4,9,13H,2,5-8H2,1H3. The highest BCUT2D eigenvalue weighted by atomic mass is 16.7. The number of aryl methyl sites for hydroxylation is 1. The third-order valence-corrected chi connectivity index (χ3v) is 2.88. The molecule has 0 bridgehead atoms. The molecule has 1 heterocycles. The Balaban J connectivity index is 1.82. The highest BCUT2D eigenvalue weighted by Gasteiger charge is 2.14. The van der Waals surface area contributed by atoms with Crippen molar-refractivity contribution < 1.29 is 19.1 Å². The van der Waals surface area contributed by atoms with Gasteiger partial charge in [0.25, 0.3) is 5.69 Å². The fraction of sp³-hybridized carbons (Fsp3) is 0.538. The van der Waals surface area contributed by atoms with E-state index < -0.39 is 4.92 Å². The molecule has 1 saturated heterocycles. The van der Waals surface area contributed by atoms with Crippen LogP contribution < -0.4 is 4.74 Å². The van der Waals surface area contributed by atoms with Crippen LogP contribution in [0.3, 0.4) is 0 Å². The summed E-state index contributed by atoms with van der Waals surface area (Å²) in [6.07, 6.45) is 1.38. The van der Waals surface area contributed by atoms with Crippen LogP contribution in [0, 0.1) is 17.0 Å². The highest BCUT2D eigenvalue weighted by molar-refractivity contribution is 5.44. The second-order valence-electron chi connectivity index (χ2n) is 4.37. The van der Waals surface area contributed by atoms with E-state index >= 15 is 0 Å². The minimum absolute atomic E-state index is 0.103. The van der Waals surface area contributed by atoms with Crippen LogP contribution in [0.15, 0.2) is 18.2 Å². The molecular formula is C13H17NO5. The lowest BCUT2D eigenvalue weighted by Crippen LogP contribution is -2.26. The van der Waals surface area contributed by atoms with Crippen molar-refractivity contribution in [2.45, 2.75) is 26.1 Å². The minimum Gasteiger partial charge on any atom is -0.493 e. The van der Waals surface area contributed by atoms with Gasteiger partial charge in [0.05, 0.1) is 24.7 Å². The Hall–Kier alpha value is -1.66. The third kappa shape index (κ3) is 3.90. The van der Waals surface area contributed by atoms with Gasteiger partial charge < -0.3 is 14.2 Å². The van der Waals surface area contributed by atoms with Gasteiger partial charge in [0.2, 0.25) is 0 Å². The van der Waals surface area contributed by atoms with Crippen molar-refractivity contribution >= 4 is 5.69 Å². The van der Waals surface area contributed by atoms with Gasteiger partial charge in [-0.3, -0.25) is 10.1 Å². The molecule has 0 aliphatic carbocycles. The van der Waals surface area contributed by atoms with E-state index in [0.29, 0.717) is 24.3 Å². The molecule has 1 aliphatic rings. The van der Waals surface area contributed by atoms with Crippen LogP contribution in [-0.4, -0.2) is 31.0 Å². The van der Waals surface area contributed by atoms with Gasteiger partial charge in [0, 0.05) is 18.1 Å². The summed E-state index contributed by atoms with van der Waals surface area (Å²) in [5, 5.41) is 10.7. The van der Waals surface area contributed by atoms with Crippen molar-refractivity contribution in [3.63, 3.8) is 0 Å². The molecule has 1 aliphatic heterocycles. The molecule has 6 nitrogen and oxygen atoms in total. The second kappa shape index (κ2) is 6.49. The lowest BCUT2D eigenvalue weighted by Gasteiger charge is -2.23. The predicted molar refractivity (Wildman–Crippen MR) is 68.3 cm³/mol. The first-order valence-electron chi connectivity index (χ1n) is 6.28. The molecule has 0 radical (unpaired) electrons. The number of nitro groups is 1. The Morgan fingerprint density at radius 2 is 2.16 bits per heavy atom. The maximum absolute atomic E-state index is 10.7. The number of hydrogen-bond acceptors (Lipinski definition) is 5. The summed E-state index contributed by atoms with van der Waals surface area (Å²) in [6.45, 7) is 3.60. The van der Waals surface area contributed by atoms with Gasteiger partial charge in [-0.1, -0.05) is 0 Å². The summed E-state index contributed by atoms with van der Waals surface area (Å²) in [5.41, 5.74) is 0.693. The maximum Gasteiger partial charge on any atom is 0.272 e. The van der Waals surface area contributed by atoms with Crippen LogP contribution in [0.2, 0.25) is 0 Å². The van der Waals surface area contributed by atoms with Gasteiger partial charge in [-0.05, 0) is 25.5 Å². The van der Waals surface area contributed by atoms with Crippen LogP contribution >= 0.6 is 0 Å². The monoisotopic (exact) mass is 267 g/mol. The number of ether oxygens (including phenoxy) is 3. The van der Waals surface area contributed by atoms with Gasteiger partial charge in [-0.15, -0.1) is 0 Å². The van der Waals surface area contributed by atoms with E-state index in [1.54, 1.807) is 19.1 Å². The molecule has 1 fully saturated rings. The van der Waals surface area contributed by atoms with E-state index in [1.807, 2.05) is 0 Å². The average Bonchev–Trinajstić information content (AvgIpc) is 2.39. The Labute approximate surface area is 111 Å². The summed E-state index contributed by atoms with van der Waals surface area (Å²) in [4.78, 5) is 10.3. The molecule has 1 aromatic carbocycles. The third-order valence-electron chi connectivity index (χ3n) is 2.88. The van der Waals surface area contributed by atoms with Gasteiger partial charge in [0.15, 0.2) is 6.29 Å². The van der Waals surface area contributed by atoms with E-state index in [9.17, 15) is 10.1 Å². The zero-order valence-electron chi connectivity index (χ0n) is 10.8. The van der Waals surface area contributed by atoms with Crippen molar-refractivity contribution in [2.24, 2.45) is 0 Å². The Morgan fingerprint density at radius 1 is 1.42 bits per heavy atom. The molecule has 0 unspecified atom stereocenters. The summed E-state index contributed by atoms with van der Waals surface area (Å²) in [6, 6.07) is 4.73. The second-order valence-corrected chi connectivity index (χ2v) is 4.37. The zero-order valence-corrected chi connectivity index (χ0v) is 10.8. The van der Waals surface area contributed by atoms with Gasteiger partial charge >= 0.3 is 0 Å². The molecule has 19 heavy (non-hydrogen) atoms. The molecular weight excluding hydrogens is 250 g/mol. The Kier molecular flexibility index (Phi) is 4.70. The molecule has 0 saturated carbocycles. The van der Waals surface area contributed by atoms with Crippen LogP contribution in [0.4, 0.5) is 5.69 Å². The number of rotatable bonds is 5. The number of benzene rings is 1. The first-order chi connectivity index (χ1) is 9.16. The molecule has 104 valence electrons. The summed E-state index contributed by atoms with van der Waals surface area (Å²) >= 11 is 0. The highest BCUT2D eigenvalue weighted by Crippen LogP contribution is 2.23. The number of nitrogens with zero attached hydrogens (tertiary/aromatic N) is 1. The lowest BCUT2D eigenvalue weighted by atomic mass is 10.2. The largest absolute Gasteiger partial charge is 0.493 e. The van der Waals surface area contributed by atoms with E-state index in [1.165, 1.54) is 6.07 Å². The Bertz CT molecular complexity index is 443. The smallest absolute Gasteiger partial charge is 0.272 e. The van der Waals surface area contributed by atoms with Crippen LogP contribution in [0.25, 0.3) is 0 Å². The lowest BCUT2D eigenvalue weighted by molar-refractivity contribution is -0.385. The van der Waals surface area contributed by atoms with Gasteiger partial charge in [-0.2, -0.15) is 0 Å². The quantitative estimate of drug-likeness (QED) is 0.605. The first-order valence-corrected chi connectivity index (χ1v) is 6.28. The molecule has 0 atom stereocenters. The molecule has 6 heteroatoms. The van der Waals surface area contributed by atoms with Crippen molar-refractivity contribution in [2.75, 3.05) is 19.8 Å². The van der Waals surface area contributed by atoms with Crippen LogP contribution in [0.1, 0.15) is 18.4 Å². The molecule has 0 amide bonds. The molecule has 2 rings (SSSR count). The molecule has 0 aromatic heterocycles. The SMILES string of the molecule is Cc1cc(OCCC2OCCCO2)ccc1[N+](=O)[O-]. The van der Waals surface area contributed by atoms with Crippen LogP contribution in [0.5, 0.6) is 5.75 Å². The van der Waals surface area contributed by atoms with Crippen LogP contribution in [-0.2, 0) is 9.47 Å². The fourth-order valence-corrected chi connectivity index (χ4v) is 1.90. The van der Waals surface area contributed by atoms with Crippen molar-refractivity contribution in [3.05, 3.63) is 33.9 Å². The summed E-state index contributed by atoms with van der Waals surface area (Å²) in [7, 11) is 0. The first kappa shape index (κ1) is 13.8. The van der Waals surface area contributed by atoms with Gasteiger partial charge in [0.1, 0.15) is 5.75 Å². The molecule has 1 aromatic rings. The van der Waals surface area contributed by atoms with E-state index in [0.717, 1.165) is 19.6 Å². The molecule has 0 N–H and O–H groups in total. The number of hydrogen-bond donors (Lipinski definition) is 0. The maximum atomic E-state index is 10.7. The van der Waals surface area contributed by atoms with Gasteiger partial charge in [-0.25, -0.2) is 0 Å². The summed E-state index contributed by atoms with van der Waals surface area (Å²) in [5.74, 6) is 0.624. The van der Waals surface area contributed by atoms with E-state index in [4.69, 9.17) is 14.2 Å². The Morgan fingerprint density at radius 3 is 2.79 bits per heavy atom. The minimum atomic E-state index is -0.400. The van der Waals surface area contributed by atoms with Crippen molar-refractivity contribution in [1.29, 1.82) is 0 Å².